The summed E-state index contributed by atoms with van der Waals surface area (Å²) >= 11 is 0. The van der Waals surface area contributed by atoms with Gasteiger partial charge in [-0.2, -0.15) is 0 Å². The van der Waals surface area contributed by atoms with Crippen molar-refractivity contribution in [2.24, 2.45) is 0 Å². The van der Waals surface area contributed by atoms with E-state index in [2.05, 4.69) is 0 Å². The highest BCUT2D eigenvalue weighted by molar-refractivity contribution is 5.68. The average molecular weight is 231 g/mol. The van der Waals surface area contributed by atoms with E-state index in [4.69, 9.17) is 5.11 Å². The SMILES string of the molecule is O=C(O)CC(F)(F)c1cccc([N+](=O)[O-])c1. The van der Waals surface area contributed by atoms with E-state index in [1.807, 2.05) is 0 Å². The number of alkyl halides is 2. The summed E-state index contributed by atoms with van der Waals surface area (Å²) in [6.07, 6.45) is -1.39. The number of carboxylic acids is 1. The topological polar surface area (TPSA) is 80.4 Å². The predicted molar refractivity (Wildman–Crippen MR) is 49.2 cm³/mol. The lowest BCUT2D eigenvalue weighted by Gasteiger charge is -2.13. The van der Waals surface area contributed by atoms with Crippen molar-refractivity contribution >= 4 is 11.7 Å². The molecule has 0 unspecified atom stereocenters. The highest BCUT2D eigenvalue weighted by Crippen LogP contribution is 2.33. The second kappa shape index (κ2) is 4.21. The first-order valence-electron chi connectivity index (χ1n) is 4.17. The van der Waals surface area contributed by atoms with Gasteiger partial charge in [-0.1, -0.05) is 12.1 Å². The lowest BCUT2D eigenvalue weighted by Crippen LogP contribution is -2.18. The summed E-state index contributed by atoms with van der Waals surface area (Å²) in [5, 5.41) is 18.6. The summed E-state index contributed by atoms with van der Waals surface area (Å²) in [7, 11) is 0. The largest absolute Gasteiger partial charge is 0.481 e. The molecule has 0 aliphatic rings. The number of benzene rings is 1. The third-order valence-corrected chi connectivity index (χ3v) is 1.85. The van der Waals surface area contributed by atoms with Gasteiger partial charge < -0.3 is 5.11 Å². The second-order valence-electron chi connectivity index (χ2n) is 3.08. The first-order chi connectivity index (χ1) is 7.33. The Bertz CT molecular complexity index is 433. The molecule has 5 nitrogen and oxygen atoms in total. The number of nitrogens with zero attached hydrogens (tertiary/aromatic N) is 1. The molecule has 0 heterocycles. The van der Waals surface area contributed by atoms with E-state index in [9.17, 15) is 23.7 Å². The zero-order valence-electron chi connectivity index (χ0n) is 7.89. The van der Waals surface area contributed by atoms with E-state index in [0.717, 1.165) is 18.2 Å². The van der Waals surface area contributed by atoms with Gasteiger partial charge in [0.05, 0.1) is 4.92 Å². The summed E-state index contributed by atoms with van der Waals surface area (Å²) in [5.41, 5.74) is -1.17. The molecule has 0 aliphatic heterocycles. The smallest absolute Gasteiger partial charge is 0.309 e. The van der Waals surface area contributed by atoms with Crippen molar-refractivity contribution in [1.29, 1.82) is 0 Å². The van der Waals surface area contributed by atoms with Crippen molar-refractivity contribution in [3.63, 3.8) is 0 Å². The third-order valence-electron chi connectivity index (χ3n) is 1.85. The van der Waals surface area contributed by atoms with Gasteiger partial charge in [0.1, 0.15) is 6.42 Å². The predicted octanol–water partition coefficient (Wildman–Crippen LogP) is 2.16. The molecule has 16 heavy (non-hydrogen) atoms. The van der Waals surface area contributed by atoms with Crippen LogP contribution in [0.25, 0.3) is 0 Å². The van der Waals surface area contributed by atoms with Gasteiger partial charge in [0.25, 0.3) is 11.6 Å². The van der Waals surface area contributed by atoms with Crippen LogP contribution >= 0.6 is 0 Å². The number of carbonyl (C=O) groups is 1. The Kier molecular flexibility index (Phi) is 3.17. The van der Waals surface area contributed by atoms with E-state index in [0.29, 0.717) is 6.07 Å². The van der Waals surface area contributed by atoms with E-state index in [-0.39, 0.29) is 0 Å². The van der Waals surface area contributed by atoms with Crippen LogP contribution in [-0.2, 0) is 10.7 Å². The molecule has 0 saturated carbocycles. The molecule has 0 fully saturated rings. The molecular weight excluding hydrogens is 224 g/mol. The Morgan fingerprint density at radius 1 is 1.50 bits per heavy atom. The molecule has 1 rings (SSSR count). The first kappa shape index (κ1) is 12.0. The molecule has 1 aromatic carbocycles. The Morgan fingerprint density at radius 2 is 2.12 bits per heavy atom. The summed E-state index contributed by atoms with van der Waals surface area (Å²) in [5.74, 6) is -5.28. The monoisotopic (exact) mass is 231 g/mol. The molecule has 7 heteroatoms. The van der Waals surface area contributed by atoms with Crippen LogP contribution in [0.15, 0.2) is 24.3 Å². The number of non-ortho nitro benzene ring substituents is 1. The van der Waals surface area contributed by atoms with Crippen molar-refractivity contribution in [3.05, 3.63) is 39.9 Å². The summed E-state index contributed by atoms with van der Waals surface area (Å²) in [6.45, 7) is 0. The third kappa shape index (κ3) is 2.72. The number of hydrogen-bond acceptors (Lipinski definition) is 3. The van der Waals surface area contributed by atoms with Crippen LogP contribution in [0.3, 0.4) is 0 Å². The number of carboxylic acid groups (broad SMARTS) is 1. The fraction of sp³-hybridized carbons (Fsp3) is 0.222. The molecule has 0 atom stereocenters. The number of rotatable bonds is 4. The van der Waals surface area contributed by atoms with Crippen molar-refractivity contribution in [1.82, 2.24) is 0 Å². The molecule has 86 valence electrons. The van der Waals surface area contributed by atoms with Crippen molar-refractivity contribution in [2.45, 2.75) is 12.3 Å². The Hall–Kier alpha value is -2.05. The summed E-state index contributed by atoms with van der Waals surface area (Å²) in [4.78, 5) is 19.7. The molecule has 1 N–H and O–H groups in total. The molecule has 0 amide bonds. The van der Waals surface area contributed by atoms with Crippen LogP contribution in [0.4, 0.5) is 14.5 Å². The minimum atomic E-state index is -3.61. The minimum Gasteiger partial charge on any atom is -0.481 e. The van der Waals surface area contributed by atoms with Gasteiger partial charge >= 0.3 is 5.97 Å². The summed E-state index contributed by atoms with van der Waals surface area (Å²) in [6, 6.07) is 3.77. The molecule has 1 aromatic rings. The first-order valence-corrected chi connectivity index (χ1v) is 4.17. The fourth-order valence-corrected chi connectivity index (χ4v) is 1.14. The van der Waals surface area contributed by atoms with Crippen molar-refractivity contribution < 1.29 is 23.6 Å². The van der Waals surface area contributed by atoms with Crippen LogP contribution in [0.5, 0.6) is 0 Å². The molecule has 0 spiro atoms. The van der Waals surface area contributed by atoms with Gasteiger partial charge in [0, 0.05) is 17.7 Å². The Labute approximate surface area is 88.5 Å². The minimum absolute atomic E-state index is 0.498. The van der Waals surface area contributed by atoms with Crippen molar-refractivity contribution in [3.8, 4) is 0 Å². The normalized spacial score (nSPS) is 11.1. The van der Waals surface area contributed by atoms with E-state index in [1.165, 1.54) is 0 Å². The van der Waals surface area contributed by atoms with Gasteiger partial charge in [-0.15, -0.1) is 0 Å². The van der Waals surface area contributed by atoms with E-state index in [1.54, 1.807) is 0 Å². The molecular formula is C9H7F2NO4. The number of halogens is 2. The van der Waals surface area contributed by atoms with Gasteiger partial charge in [0.2, 0.25) is 0 Å². The maximum absolute atomic E-state index is 13.2. The molecule has 0 aliphatic carbocycles. The van der Waals surface area contributed by atoms with Gasteiger partial charge in [0.15, 0.2) is 0 Å². The average Bonchev–Trinajstić information content (AvgIpc) is 2.16. The van der Waals surface area contributed by atoms with Crippen LogP contribution in [0.1, 0.15) is 12.0 Å². The molecule has 0 saturated heterocycles. The Balaban J connectivity index is 3.07. The standard InChI is InChI=1S/C9H7F2NO4/c10-9(11,5-8(13)14)6-2-1-3-7(4-6)12(15)16/h1-4H,5H2,(H,13,14). The lowest BCUT2D eigenvalue weighted by molar-refractivity contribution is -0.385. The lowest BCUT2D eigenvalue weighted by atomic mass is 10.1. The van der Waals surface area contributed by atoms with Crippen LogP contribution < -0.4 is 0 Å². The maximum atomic E-state index is 13.2. The molecule has 0 bridgehead atoms. The highest BCUT2D eigenvalue weighted by Gasteiger charge is 2.35. The van der Waals surface area contributed by atoms with Gasteiger partial charge in [-0.05, 0) is 0 Å². The van der Waals surface area contributed by atoms with Crippen LogP contribution in [0.2, 0.25) is 0 Å². The van der Waals surface area contributed by atoms with Crippen LogP contribution in [0, 0.1) is 10.1 Å². The number of hydrogen-bond donors (Lipinski definition) is 1. The quantitative estimate of drug-likeness (QED) is 0.635. The Morgan fingerprint density at radius 3 is 2.62 bits per heavy atom. The van der Waals surface area contributed by atoms with Crippen LogP contribution in [-0.4, -0.2) is 16.0 Å². The van der Waals surface area contributed by atoms with E-state index < -0.39 is 34.5 Å². The fourth-order valence-electron chi connectivity index (χ4n) is 1.14. The summed E-state index contributed by atoms with van der Waals surface area (Å²) < 4.78 is 26.5. The number of nitro groups is 1. The number of aliphatic carboxylic acids is 1. The van der Waals surface area contributed by atoms with Gasteiger partial charge in [-0.25, -0.2) is 8.78 Å². The van der Waals surface area contributed by atoms with E-state index >= 15 is 0 Å². The molecule has 0 radical (unpaired) electrons. The molecule has 0 aromatic heterocycles. The highest BCUT2D eigenvalue weighted by atomic mass is 19.3. The maximum Gasteiger partial charge on any atom is 0.309 e. The zero-order valence-corrected chi connectivity index (χ0v) is 7.89. The van der Waals surface area contributed by atoms with Crippen molar-refractivity contribution in [2.75, 3.05) is 0 Å². The zero-order chi connectivity index (χ0) is 12.3. The van der Waals surface area contributed by atoms with Gasteiger partial charge in [-0.3, -0.25) is 14.9 Å². The second-order valence-corrected chi connectivity index (χ2v) is 3.08. The number of nitro benzene ring substituents is 1.